The molecule has 5 heteroatoms. The number of H-pyrrole nitrogens is 1. The molecule has 0 unspecified atom stereocenters. The average molecular weight is 351 g/mol. The molecule has 0 spiro atoms. The third kappa shape index (κ3) is 5.10. The molecule has 1 amide bonds. The second-order valence-corrected chi connectivity index (χ2v) is 6.36. The van der Waals surface area contributed by atoms with Crippen molar-refractivity contribution in [3.05, 3.63) is 66.4 Å². The van der Waals surface area contributed by atoms with Gasteiger partial charge in [0.05, 0.1) is 6.54 Å². The lowest BCUT2D eigenvalue weighted by atomic mass is 10.1. The molecule has 0 atom stereocenters. The normalized spacial score (nSPS) is 11.0. The molecule has 5 nitrogen and oxygen atoms in total. The number of nitrogens with one attached hydrogen (secondary N) is 2. The van der Waals surface area contributed by atoms with Gasteiger partial charge in [0.1, 0.15) is 12.4 Å². The van der Waals surface area contributed by atoms with Gasteiger partial charge in [-0.25, -0.2) is 0 Å². The Hall–Kier alpha value is -2.79. The van der Waals surface area contributed by atoms with Crippen LogP contribution in [-0.2, 0) is 11.2 Å². The summed E-state index contributed by atoms with van der Waals surface area (Å²) in [4.78, 5) is 17.3. The lowest BCUT2D eigenvalue weighted by Gasteiger charge is -2.16. The Labute approximate surface area is 154 Å². The summed E-state index contributed by atoms with van der Waals surface area (Å²) in [6, 6.07) is 17.9. The number of amides is 1. The zero-order chi connectivity index (χ0) is 18.2. The average Bonchev–Trinajstić information content (AvgIpc) is 3.06. The van der Waals surface area contributed by atoms with E-state index in [1.165, 1.54) is 10.9 Å². The summed E-state index contributed by atoms with van der Waals surface area (Å²) >= 11 is 0. The summed E-state index contributed by atoms with van der Waals surface area (Å²) < 4.78 is 5.65. The van der Waals surface area contributed by atoms with E-state index < -0.39 is 0 Å². The highest BCUT2D eigenvalue weighted by Gasteiger charge is 2.07. The van der Waals surface area contributed by atoms with Crippen molar-refractivity contribution < 1.29 is 9.53 Å². The molecule has 0 aliphatic rings. The van der Waals surface area contributed by atoms with E-state index in [0.717, 1.165) is 17.7 Å². The Morgan fingerprint density at radius 1 is 1.12 bits per heavy atom. The minimum Gasteiger partial charge on any atom is -0.492 e. The maximum atomic E-state index is 12.1. The van der Waals surface area contributed by atoms with Crippen molar-refractivity contribution in [2.75, 3.05) is 33.3 Å². The van der Waals surface area contributed by atoms with Crippen LogP contribution < -0.4 is 10.1 Å². The first-order valence-corrected chi connectivity index (χ1v) is 8.90. The first-order valence-electron chi connectivity index (χ1n) is 8.90. The Balaban J connectivity index is 1.34. The van der Waals surface area contributed by atoms with Crippen LogP contribution in [0.25, 0.3) is 10.9 Å². The molecule has 0 aliphatic heterocycles. The lowest BCUT2D eigenvalue weighted by molar-refractivity contribution is -0.121. The Morgan fingerprint density at radius 2 is 1.88 bits per heavy atom. The highest BCUT2D eigenvalue weighted by molar-refractivity contribution is 5.83. The molecule has 0 radical (unpaired) electrons. The minimum absolute atomic E-state index is 0.0343. The number of carbonyl (C=O) groups is 1. The van der Waals surface area contributed by atoms with Crippen LogP contribution in [-0.4, -0.2) is 49.1 Å². The van der Waals surface area contributed by atoms with E-state index in [2.05, 4.69) is 22.4 Å². The molecule has 2 N–H and O–H groups in total. The molecule has 136 valence electrons. The molecule has 3 aromatic rings. The summed E-state index contributed by atoms with van der Waals surface area (Å²) in [5.74, 6) is 0.885. The molecule has 26 heavy (non-hydrogen) atoms. The zero-order valence-electron chi connectivity index (χ0n) is 15.1. The van der Waals surface area contributed by atoms with Gasteiger partial charge in [0.2, 0.25) is 5.91 Å². The second kappa shape index (κ2) is 9.06. The topological polar surface area (TPSA) is 57.4 Å². The number of fused-ring (bicyclic) bond motifs is 1. The molecule has 1 aromatic heterocycles. The van der Waals surface area contributed by atoms with Crippen molar-refractivity contribution in [1.29, 1.82) is 0 Å². The van der Waals surface area contributed by atoms with Crippen molar-refractivity contribution in [1.82, 2.24) is 15.2 Å². The number of ether oxygens (including phenoxy) is 1. The molecule has 0 aliphatic carbocycles. The molecule has 0 bridgehead atoms. The van der Waals surface area contributed by atoms with Gasteiger partial charge in [0, 0.05) is 30.2 Å². The van der Waals surface area contributed by atoms with Crippen molar-refractivity contribution >= 4 is 16.8 Å². The highest BCUT2D eigenvalue weighted by atomic mass is 16.5. The van der Waals surface area contributed by atoms with Gasteiger partial charge in [-0.1, -0.05) is 36.4 Å². The molecular weight excluding hydrogens is 326 g/mol. The SMILES string of the molecule is CN(CCOc1ccccc1)CC(=O)NCCc1c[nH]c2ccccc12. The fourth-order valence-electron chi connectivity index (χ4n) is 2.89. The van der Waals surface area contributed by atoms with E-state index in [1.807, 2.05) is 60.6 Å². The first kappa shape index (κ1) is 18.0. The standard InChI is InChI=1S/C21H25N3O2/c1-24(13-14-26-18-7-3-2-4-8-18)16-21(25)22-12-11-17-15-23-20-10-6-5-9-19(17)20/h2-10,15,23H,11-14,16H2,1H3,(H,22,25). The third-order valence-corrected chi connectivity index (χ3v) is 4.29. The summed E-state index contributed by atoms with van der Waals surface area (Å²) in [6.45, 7) is 2.26. The number of benzene rings is 2. The number of rotatable bonds is 9. The number of para-hydroxylation sites is 2. The number of aromatic amines is 1. The fraction of sp³-hybridized carbons (Fsp3) is 0.286. The summed E-state index contributed by atoms with van der Waals surface area (Å²) in [5.41, 5.74) is 2.36. The van der Waals surface area contributed by atoms with Crippen LogP contribution in [0.3, 0.4) is 0 Å². The van der Waals surface area contributed by atoms with Gasteiger partial charge in [-0.3, -0.25) is 9.69 Å². The molecular formula is C21H25N3O2. The van der Waals surface area contributed by atoms with Crippen LogP contribution in [0.15, 0.2) is 60.8 Å². The molecule has 0 saturated heterocycles. The van der Waals surface area contributed by atoms with Crippen LogP contribution in [0.2, 0.25) is 0 Å². The van der Waals surface area contributed by atoms with E-state index in [9.17, 15) is 4.79 Å². The van der Waals surface area contributed by atoms with Crippen molar-refractivity contribution in [3.8, 4) is 5.75 Å². The lowest BCUT2D eigenvalue weighted by Crippen LogP contribution is -2.37. The second-order valence-electron chi connectivity index (χ2n) is 6.36. The zero-order valence-corrected chi connectivity index (χ0v) is 15.1. The Kier molecular flexibility index (Phi) is 6.28. The molecule has 2 aromatic carbocycles. The Morgan fingerprint density at radius 3 is 2.73 bits per heavy atom. The number of carbonyl (C=O) groups excluding carboxylic acids is 1. The molecule has 0 saturated carbocycles. The van der Waals surface area contributed by atoms with E-state index in [4.69, 9.17) is 4.74 Å². The summed E-state index contributed by atoms with van der Waals surface area (Å²) in [5, 5.41) is 4.21. The Bertz CT molecular complexity index is 829. The van der Waals surface area contributed by atoms with Gasteiger partial charge in [0.15, 0.2) is 0 Å². The number of aromatic nitrogens is 1. The van der Waals surface area contributed by atoms with Crippen LogP contribution in [0.1, 0.15) is 5.56 Å². The number of nitrogens with zero attached hydrogens (tertiary/aromatic N) is 1. The van der Waals surface area contributed by atoms with Crippen LogP contribution in [0.4, 0.5) is 0 Å². The predicted molar refractivity (Wildman–Crippen MR) is 104 cm³/mol. The van der Waals surface area contributed by atoms with Gasteiger partial charge in [-0.2, -0.15) is 0 Å². The minimum atomic E-state index is 0.0343. The van der Waals surface area contributed by atoms with Gasteiger partial charge in [0.25, 0.3) is 0 Å². The van der Waals surface area contributed by atoms with Gasteiger partial charge >= 0.3 is 0 Å². The quantitative estimate of drug-likeness (QED) is 0.623. The first-order chi connectivity index (χ1) is 12.7. The van der Waals surface area contributed by atoms with Gasteiger partial charge < -0.3 is 15.0 Å². The maximum Gasteiger partial charge on any atom is 0.234 e. The van der Waals surface area contributed by atoms with Crippen molar-refractivity contribution in [2.24, 2.45) is 0 Å². The maximum absolute atomic E-state index is 12.1. The molecule has 1 heterocycles. The number of hydrogen-bond donors (Lipinski definition) is 2. The number of hydrogen-bond acceptors (Lipinski definition) is 3. The predicted octanol–water partition coefficient (Wildman–Crippen LogP) is 2.84. The molecule has 0 fully saturated rings. The number of likely N-dealkylation sites (N-methyl/N-ethyl adjacent to an activating group) is 1. The van der Waals surface area contributed by atoms with E-state index in [0.29, 0.717) is 26.2 Å². The highest BCUT2D eigenvalue weighted by Crippen LogP contribution is 2.17. The van der Waals surface area contributed by atoms with Crippen LogP contribution in [0, 0.1) is 0 Å². The third-order valence-electron chi connectivity index (χ3n) is 4.29. The molecule has 3 rings (SSSR count). The van der Waals surface area contributed by atoms with E-state index in [-0.39, 0.29) is 5.91 Å². The summed E-state index contributed by atoms with van der Waals surface area (Å²) in [7, 11) is 1.92. The summed E-state index contributed by atoms with van der Waals surface area (Å²) in [6.07, 6.45) is 2.83. The smallest absolute Gasteiger partial charge is 0.234 e. The van der Waals surface area contributed by atoms with E-state index in [1.54, 1.807) is 0 Å². The van der Waals surface area contributed by atoms with Crippen molar-refractivity contribution in [2.45, 2.75) is 6.42 Å². The monoisotopic (exact) mass is 351 g/mol. The van der Waals surface area contributed by atoms with E-state index >= 15 is 0 Å². The van der Waals surface area contributed by atoms with Crippen molar-refractivity contribution in [3.63, 3.8) is 0 Å². The van der Waals surface area contributed by atoms with Gasteiger partial charge in [-0.15, -0.1) is 0 Å². The van der Waals surface area contributed by atoms with Gasteiger partial charge in [-0.05, 0) is 37.2 Å². The largest absolute Gasteiger partial charge is 0.492 e. The van der Waals surface area contributed by atoms with Crippen LogP contribution >= 0.6 is 0 Å². The fourth-order valence-corrected chi connectivity index (χ4v) is 2.89. The van der Waals surface area contributed by atoms with Crippen LogP contribution in [0.5, 0.6) is 5.75 Å².